The molecule has 100 valence electrons. The Morgan fingerprint density at radius 2 is 1.94 bits per heavy atom. The summed E-state index contributed by atoms with van der Waals surface area (Å²) in [6.07, 6.45) is 0. The molecule has 0 radical (unpaired) electrons. The summed E-state index contributed by atoms with van der Waals surface area (Å²) in [6.45, 7) is 6.95. The van der Waals surface area contributed by atoms with Crippen LogP contribution in [0.15, 0.2) is 30.3 Å². The van der Waals surface area contributed by atoms with Gasteiger partial charge in [0.1, 0.15) is 0 Å². The van der Waals surface area contributed by atoms with Crippen LogP contribution in [0.3, 0.4) is 0 Å². The molecular weight excluding hydrogens is 228 g/mol. The highest BCUT2D eigenvalue weighted by molar-refractivity contribution is 5.92. The summed E-state index contributed by atoms with van der Waals surface area (Å²) in [5.41, 5.74) is 0.00469. The molecule has 1 aromatic carbocycles. The Labute approximate surface area is 109 Å². The first-order valence-corrected chi connectivity index (χ1v) is 6.20. The van der Waals surface area contributed by atoms with Crippen molar-refractivity contribution in [3.05, 3.63) is 30.3 Å². The fourth-order valence-corrected chi connectivity index (χ4v) is 1.75. The van der Waals surface area contributed by atoms with Crippen molar-refractivity contribution in [3.63, 3.8) is 0 Å². The van der Waals surface area contributed by atoms with E-state index in [0.29, 0.717) is 6.54 Å². The van der Waals surface area contributed by atoms with Crippen molar-refractivity contribution in [3.8, 4) is 0 Å². The van der Waals surface area contributed by atoms with E-state index in [2.05, 4.69) is 5.32 Å². The van der Waals surface area contributed by atoms with Gasteiger partial charge in [0.2, 0.25) is 5.91 Å². The Morgan fingerprint density at radius 1 is 1.33 bits per heavy atom. The number of carbonyl (C=O) groups excluding carboxylic acids is 1. The Bertz CT molecular complexity index is 371. The molecule has 4 nitrogen and oxygen atoms in total. The predicted octanol–water partition coefficient (Wildman–Crippen LogP) is 1.72. The van der Waals surface area contributed by atoms with Crippen LogP contribution in [0, 0.1) is 0 Å². The number of aliphatic hydroxyl groups is 1. The lowest BCUT2D eigenvalue weighted by atomic mass is 10.1. The maximum absolute atomic E-state index is 11.8. The highest BCUT2D eigenvalue weighted by atomic mass is 16.3. The first-order valence-electron chi connectivity index (χ1n) is 6.20. The molecule has 1 amide bonds. The maximum Gasteiger partial charge on any atom is 0.238 e. The van der Waals surface area contributed by atoms with Crippen LogP contribution in [-0.4, -0.2) is 41.1 Å². The van der Waals surface area contributed by atoms with Crippen LogP contribution >= 0.6 is 0 Å². The molecule has 0 heterocycles. The Hall–Kier alpha value is -1.39. The van der Waals surface area contributed by atoms with E-state index in [4.69, 9.17) is 0 Å². The van der Waals surface area contributed by atoms with Crippen LogP contribution in [0.5, 0.6) is 0 Å². The number of likely N-dealkylation sites (N-methyl/N-ethyl adjacent to an activating group) is 1. The fourth-order valence-electron chi connectivity index (χ4n) is 1.75. The topological polar surface area (TPSA) is 52.6 Å². The Morgan fingerprint density at radius 3 is 2.44 bits per heavy atom. The van der Waals surface area contributed by atoms with Crippen molar-refractivity contribution in [2.24, 2.45) is 0 Å². The molecule has 0 atom stereocenters. The normalized spacial score (nSPS) is 11.6. The third kappa shape index (κ3) is 5.80. The van der Waals surface area contributed by atoms with Crippen LogP contribution in [-0.2, 0) is 4.79 Å². The molecule has 0 aliphatic heterocycles. The molecule has 0 aromatic heterocycles. The largest absolute Gasteiger partial charge is 0.389 e. The second kappa shape index (κ2) is 6.52. The van der Waals surface area contributed by atoms with Gasteiger partial charge in [-0.05, 0) is 32.5 Å². The van der Waals surface area contributed by atoms with Crippen molar-refractivity contribution >= 4 is 11.6 Å². The summed E-state index contributed by atoms with van der Waals surface area (Å²) in [5, 5.41) is 12.6. The smallest absolute Gasteiger partial charge is 0.238 e. The highest BCUT2D eigenvalue weighted by Crippen LogP contribution is 2.07. The van der Waals surface area contributed by atoms with Gasteiger partial charge in [0.05, 0.1) is 12.1 Å². The number of nitrogens with one attached hydrogen (secondary N) is 1. The number of hydrogen-bond acceptors (Lipinski definition) is 3. The number of para-hydroxylation sites is 1. The van der Waals surface area contributed by atoms with Gasteiger partial charge in [0.15, 0.2) is 0 Å². The van der Waals surface area contributed by atoms with Crippen molar-refractivity contribution in [2.45, 2.75) is 26.4 Å². The van der Waals surface area contributed by atoms with E-state index >= 15 is 0 Å². The van der Waals surface area contributed by atoms with Crippen LogP contribution in [0.4, 0.5) is 5.69 Å². The van der Waals surface area contributed by atoms with E-state index in [-0.39, 0.29) is 12.5 Å². The van der Waals surface area contributed by atoms with Crippen LogP contribution in [0.2, 0.25) is 0 Å². The minimum absolute atomic E-state index is 0.0627. The number of nitrogens with zero attached hydrogens (tertiary/aromatic N) is 1. The predicted molar refractivity (Wildman–Crippen MR) is 73.5 cm³/mol. The van der Waals surface area contributed by atoms with Gasteiger partial charge >= 0.3 is 0 Å². The third-order valence-corrected chi connectivity index (χ3v) is 2.48. The number of amides is 1. The van der Waals surface area contributed by atoms with Crippen LogP contribution in [0.25, 0.3) is 0 Å². The molecule has 0 fully saturated rings. The van der Waals surface area contributed by atoms with Crippen LogP contribution in [0.1, 0.15) is 20.8 Å². The maximum atomic E-state index is 11.8. The Kier molecular flexibility index (Phi) is 5.31. The van der Waals surface area contributed by atoms with E-state index in [0.717, 1.165) is 12.2 Å². The molecule has 2 N–H and O–H groups in total. The average Bonchev–Trinajstić information content (AvgIpc) is 2.27. The van der Waals surface area contributed by atoms with Crippen molar-refractivity contribution in [2.75, 3.05) is 25.0 Å². The molecule has 1 rings (SSSR count). The van der Waals surface area contributed by atoms with E-state index in [9.17, 15) is 9.90 Å². The van der Waals surface area contributed by atoms with Crippen molar-refractivity contribution in [1.82, 2.24) is 4.90 Å². The van der Waals surface area contributed by atoms with Gasteiger partial charge in [-0.1, -0.05) is 25.1 Å². The zero-order valence-corrected chi connectivity index (χ0v) is 11.3. The summed E-state index contributed by atoms with van der Waals surface area (Å²) in [7, 11) is 0. The SMILES string of the molecule is CCN(CC(=O)Nc1ccccc1)CC(C)(C)O. The molecule has 0 saturated carbocycles. The summed E-state index contributed by atoms with van der Waals surface area (Å²) < 4.78 is 0. The van der Waals surface area contributed by atoms with Gasteiger partial charge in [-0.15, -0.1) is 0 Å². The summed E-state index contributed by atoms with van der Waals surface area (Å²) in [6, 6.07) is 9.37. The molecule has 0 spiro atoms. The highest BCUT2D eigenvalue weighted by Gasteiger charge is 2.19. The molecule has 0 aliphatic rings. The lowest BCUT2D eigenvalue weighted by Gasteiger charge is -2.27. The first-order chi connectivity index (χ1) is 8.40. The number of carbonyl (C=O) groups is 1. The number of anilines is 1. The van der Waals surface area contributed by atoms with Gasteiger partial charge < -0.3 is 10.4 Å². The number of rotatable bonds is 6. The minimum Gasteiger partial charge on any atom is -0.389 e. The second-order valence-corrected chi connectivity index (χ2v) is 5.03. The molecule has 0 bridgehead atoms. The number of hydrogen-bond donors (Lipinski definition) is 2. The standard InChI is InChI=1S/C14H22N2O2/c1-4-16(11-14(2,3)18)10-13(17)15-12-8-6-5-7-9-12/h5-9,18H,4,10-11H2,1-3H3,(H,15,17). The zero-order chi connectivity index (χ0) is 13.6. The quantitative estimate of drug-likeness (QED) is 0.808. The van der Waals surface area contributed by atoms with Gasteiger partial charge in [-0.25, -0.2) is 0 Å². The Balaban J connectivity index is 2.48. The third-order valence-electron chi connectivity index (χ3n) is 2.48. The molecule has 0 aliphatic carbocycles. The average molecular weight is 250 g/mol. The molecule has 0 saturated heterocycles. The van der Waals surface area contributed by atoms with Crippen molar-refractivity contribution in [1.29, 1.82) is 0 Å². The first kappa shape index (κ1) is 14.7. The molecule has 0 unspecified atom stereocenters. The van der Waals surface area contributed by atoms with E-state index in [1.54, 1.807) is 13.8 Å². The molecule has 18 heavy (non-hydrogen) atoms. The number of benzene rings is 1. The van der Waals surface area contributed by atoms with Gasteiger partial charge in [0.25, 0.3) is 0 Å². The van der Waals surface area contributed by atoms with E-state index in [1.807, 2.05) is 42.2 Å². The second-order valence-electron chi connectivity index (χ2n) is 5.03. The minimum atomic E-state index is -0.789. The van der Waals surface area contributed by atoms with Gasteiger partial charge in [0, 0.05) is 12.2 Å². The van der Waals surface area contributed by atoms with Gasteiger partial charge in [-0.3, -0.25) is 9.69 Å². The van der Waals surface area contributed by atoms with E-state index in [1.165, 1.54) is 0 Å². The summed E-state index contributed by atoms with van der Waals surface area (Å²) >= 11 is 0. The van der Waals surface area contributed by atoms with Crippen LogP contribution < -0.4 is 5.32 Å². The lowest BCUT2D eigenvalue weighted by Crippen LogP contribution is -2.42. The van der Waals surface area contributed by atoms with Gasteiger partial charge in [-0.2, -0.15) is 0 Å². The fraction of sp³-hybridized carbons (Fsp3) is 0.500. The molecule has 1 aromatic rings. The van der Waals surface area contributed by atoms with Crippen molar-refractivity contribution < 1.29 is 9.90 Å². The summed E-state index contributed by atoms with van der Waals surface area (Å²) in [4.78, 5) is 13.7. The monoisotopic (exact) mass is 250 g/mol. The molecule has 4 heteroatoms. The lowest BCUT2D eigenvalue weighted by molar-refractivity contribution is -0.117. The molecular formula is C14H22N2O2. The zero-order valence-electron chi connectivity index (χ0n) is 11.3. The van der Waals surface area contributed by atoms with E-state index < -0.39 is 5.60 Å². The summed E-state index contributed by atoms with van der Waals surface area (Å²) in [5.74, 6) is -0.0627.